The number of hydrogen-bond acceptors (Lipinski definition) is 3. The maximum atomic E-state index is 5.58. The van der Waals surface area contributed by atoms with Crippen LogP contribution in [-0.4, -0.2) is 14.7 Å². The van der Waals surface area contributed by atoms with Crippen LogP contribution in [0.15, 0.2) is 53.3 Å². The molecule has 4 nitrogen and oxygen atoms in total. The molecule has 0 saturated heterocycles. The Morgan fingerprint density at radius 3 is 2.76 bits per heavy atom. The van der Waals surface area contributed by atoms with Crippen LogP contribution in [0, 0.1) is 0 Å². The van der Waals surface area contributed by atoms with Gasteiger partial charge in [-0.15, -0.1) is 0 Å². The Bertz CT molecular complexity index is 906. The van der Waals surface area contributed by atoms with Crippen LogP contribution in [0.5, 0.6) is 0 Å². The molecule has 4 aromatic rings. The van der Waals surface area contributed by atoms with E-state index in [1.54, 1.807) is 0 Å². The first-order chi connectivity index (χ1) is 10.4. The minimum atomic E-state index is 0.790. The van der Waals surface area contributed by atoms with Gasteiger partial charge in [0.05, 0.1) is 17.2 Å². The maximum Gasteiger partial charge on any atom is 0.176 e. The molecule has 0 aliphatic heterocycles. The predicted molar refractivity (Wildman–Crippen MR) is 83.0 cm³/mol. The summed E-state index contributed by atoms with van der Waals surface area (Å²) in [5, 5.41) is 5.17. The van der Waals surface area contributed by atoms with Gasteiger partial charge in [-0.25, -0.2) is 4.98 Å². The average Bonchev–Trinajstić information content (AvgIpc) is 3.12. The summed E-state index contributed by atoms with van der Waals surface area (Å²) in [7, 11) is 0. The molecule has 0 atom stereocenters. The van der Waals surface area contributed by atoms with Gasteiger partial charge in [0.15, 0.2) is 5.76 Å². The average molecular weight is 277 g/mol. The number of aryl methyl sites for hydroxylation is 1. The number of aromatic nitrogens is 3. The largest absolute Gasteiger partial charge is 0.355 e. The van der Waals surface area contributed by atoms with E-state index in [-0.39, 0.29) is 0 Å². The number of fused-ring (bicyclic) bond motifs is 3. The van der Waals surface area contributed by atoms with Crippen molar-refractivity contribution < 1.29 is 4.52 Å². The highest BCUT2D eigenvalue weighted by Crippen LogP contribution is 2.33. The smallest absolute Gasteiger partial charge is 0.176 e. The summed E-state index contributed by atoms with van der Waals surface area (Å²) in [6.07, 6.45) is 2.98. The summed E-state index contributed by atoms with van der Waals surface area (Å²) in [5.74, 6) is 0.790. The molecule has 0 saturated carbocycles. The number of benzene rings is 2. The molecule has 2 aromatic carbocycles. The van der Waals surface area contributed by atoms with Crippen molar-refractivity contribution in [2.24, 2.45) is 0 Å². The summed E-state index contributed by atoms with van der Waals surface area (Å²) in [4.78, 5) is 4.59. The van der Waals surface area contributed by atoms with Gasteiger partial charge in [-0.2, -0.15) is 0 Å². The van der Waals surface area contributed by atoms with Crippen LogP contribution in [0.4, 0.5) is 0 Å². The number of rotatable bonds is 3. The van der Waals surface area contributed by atoms with Gasteiger partial charge in [-0.3, -0.25) is 0 Å². The van der Waals surface area contributed by atoms with Crippen molar-refractivity contribution in [2.75, 3.05) is 0 Å². The Morgan fingerprint density at radius 1 is 1.10 bits per heavy atom. The number of imidazole rings is 1. The fourth-order valence-electron chi connectivity index (χ4n) is 2.77. The molecule has 2 heterocycles. The van der Waals surface area contributed by atoms with E-state index in [4.69, 9.17) is 4.52 Å². The van der Waals surface area contributed by atoms with E-state index >= 15 is 0 Å². The Morgan fingerprint density at radius 2 is 1.95 bits per heavy atom. The quantitative estimate of drug-likeness (QED) is 0.562. The second kappa shape index (κ2) is 4.74. The molecule has 104 valence electrons. The van der Waals surface area contributed by atoms with Gasteiger partial charge in [-0.05, 0) is 18.6 Å². The van der Waals surface area contributed by atoms with Crippen LogP contribution in [0.25, 0.3) is 33.3 Å². The van der Waals surface area contributed by atoms with E-state index in [0.29, 0.717) is 0 Å². The molecule has 4 rings (SSSR count). The van der Waals surface area contributed by atoms with Gasteiger partial charge >= 0.3 is 0 Å². The second-order valence-corrected chi connectivity index (χ2v) is 5.14. The first kappa shape index (κ1) is 12.1. The van der Waals surface area contributed by atoms with Crippen LogP contribution < -0.4 is 0 Å². The second-order valence-electron chi connectivity index (χ2n) is 5.14. The first-order valence-electron chi connectivity index (χ1n) is 7.17. The third-order valence-electron chi connectivity index (χ3n) is 3.73. The molecule has 0 N–H and O–H groups in total. The standard InChI is InChI=1S/C17H15N3O/c1-2-10-20-11-18-16-14(20)9-8-13-15(16)17(21-19-13)12-6-4-3-5-7-12/h3-9,11H,2,10H2,1H3. The van der Waals surface area contributed by atoms with Crippen molar-refractivity contribution in [3.8, 4) is 11.3 Å². The van der Waals surface area contributed by atoms with E-state index in [2.05, 4.69) is 27.7 Å². The third kappa shape index (κ3) is 1.83. The zero-order chi connectivity index (χ0) is 14.2. The van der Waals surface area contributed by atoms with Crippen molar-refractivity contribution in [1.82, 2.24) is 14.7 Å². The lowest BCUT2D eigenvalue weighted by Crippen LogP contribution is -1.93. The fraction of sp³-hybridized carbons (Fsp3) is 0.176. The van der Waals surface area contributed by atoms with Crippen molar-refractivity contribution in [2.45, 2.75) is 19.9 Å². The Labute approximate surface area is 122 Å². The molecule has 0 radical (unpaired) electrons. The van der Waals surface area contributed by atoms with E-state index in [9.17, 15) is 0 Å². The van der Waals surface area contributed by atoms with Crippen LogP contribution >= 0.6 is 0 Å². The number of hydrogen-bond donors (Lipinski definition) is 0. The minimum absolute atomic E-state index is 0.790. The molecule has 4 heteroatoms. The van der Waals surface area contributed by atoms with Gasteiger partial charge in [0.1, 0.15) is 11.0 Å². The van der Waals surface area contributed by atoms with E-state index < -0.39 is 0 Å². The molecule has 0 fully saturated rings. The maximum absolute atomic E-state index is 5.58. The highest BCUT2D eigenvalue weighted by Gasteiger charge is 2.16. The van der Waals surface area contributed by atoms with E-state index in [0.717, 1.165) is 46.2 Å². The van der Waals surface area contributed by atoms with Gasteiger partial charge in [-0.1, -0.05) is 42.4 Å². The number of nitrogens with zero attached hydrogens (tertiary/aromatic N) is 3. The normalized spacial score (nSPS) is 11.5. The molecular weight excluding hydrogens is 262 g/mol. The lowest BCUT2D eigenvalue weighted by atomic mass is 10.1. The summed E-state index contributed by atoms with van der Waals surface area (Å²) in [6.45, 7) is 3.13. The minimum Gasteiger partial charge on any atom is -0.355 e. The highest BCUT2D eigenvalue weighted by molar-refractivity contribution is 6.09. The molecule has 2 aromatic heterocycles. The molecule has 0 spiro atoms. The lowest BCUT2D eigenvalue weighted by Gasteiger charge is -2.01. The summed E-state index contributed by atoms with van der Waals surface area (Å²) < 4.78 is 7.76. The molecule has 0 aliphatic carbocycles. The van der Waals surface area contributed by atoms with E-state index in [1.165, 1.54) is 0 Å². The van der Waals surface area contributed by atoms with Crippen LogP contribution in [0.3, 0.4) is 0 Å². The Balaban J connectivity index is 2.03. The Kier molecular flexibility index (Phi) is 2.74. The monoisotopic (exact) mass is 277 g/mol. The van der Waals surface area contributed by atoms with Gasteiger partial charge < -0.3 is 9.09 Å². The lowest BCUT2D eigenvalue weighted by molar-refractivity contribution is 0.441. The zero-order valence-corrected chi connectivity index (χ0v) is 11.8. The SMILES string of the molecule is CCCn1cnc2c3c(-c4ccccc4)onc3ccc21. The van der Waals surface area contributed by atoms with Crippen LogP contribution in [0.1, 0.15) is 13.3 Å². The Hall–Kier alpha value is -2.62. The summed E-state index contributed by atoms with van der Waals surface area (Å²) in [6, 6.07) is 14.1. The van der Waals surface area contributed by atoms with Crippen molar-refractivity contribution >= 4 is 21.9 Å². The topological polar surface area (TPSA) is 43.9 Å². The highest BCUT2D eigenvalue weighted by atomic mass is 16.5. The predicted octanol–water partition coefficient (Wildman–Crippen LogP) is 4.25. The third-order valence-corrected chi connectivity index (χ3v) is 3.73. The molecule has 0 aliphatic rings. The van der Waals surface area contributed by atoms with Crippen molar-refractivity contribution in [3.05, 3.63) is 48.8 Å². The molecule has 0 unspecified atom stereocenters. The molecule has 0 bridgehead atoms. The molecule has 0 amide bonds. The molecular formula is C17H15N3O. The summed E-state index contributed by atoms with van der Waals surface area (Å²) >= 11 is 0. The van der Waals surface area contributed by atoms with Gasteiger partial charge in [0, 0.05) is 12.1 Å². The zero-order valence-electron chi connectivity index (χ0n) is 11.8. The van der Waals surface area contributed by atoms with Gasteiger partial charge in [0.25, 0.3) is 0 Å². The van der Waals surface area contributed by atoms with Crippen LogP contribution in [-0.2, 0) is 6.54 Å². The van der Waals surface area contributed by atoms with Crippen molar-refractivity contribution in [3.63, 3.8) is 0 Å². The van der Waals surface area contributed by atoms with Crippen LogP contribution in [0.2, 0.25) is 0 Å². The summed E-state index contributed by atoms with van der Waals surface area (Å²) in [5.41, 5.74) is 3.96. The first-order valence-corrected chi connectivity index (χ1v) is 7.17. The van der Waals surface area contributed by atoms with Gasteiger partial charge in [0.2, 0.25) is 0 Å². The van der Waals surface area contributed by atoms with E-state index in [1.807, 2.05) is 42.7 Å². The van der Waals surface area contributed by atoms with Crippen molar-refractivity contribution in [1.29, 1.82) is 0 Å². The molecule has 21 heavy (non-hydrogen) atoms. The fourth-order valence-corrected chi connectivity index (χ4v) is 2.77.